The third kappa shape index (κ3) is 16.4. The molecule has 23 nitrogen and oxygen atoms in total. The monoisotopic (exact) mass is 988 g/mol. The van der Waals surface area contributed by atoms with Gasteiger partial charge in [-0.05, 0) is 61.8 Å². The molecule has 384 valence electrons. The molecule has 0 radical (unpaired) electrons. The quantitative estimate of drug-likeness (QED) is 0.0383. The lowest BCUT2D eigenvalue weighted by molar-refractivity contribution is -0.143. The van der Waals surface area contributed by atoms with E-state index < -0.39 is 126 Å². The Labute approximate surface area is 408 Å². The molecule has 0 unspecified atom stereocenters. The average Bonchev–Trinajstić information content (AvgIpc) is 3.91. The highest BCUT2D eigenvalue weighted by Gasteiger charge is 2.35. The number of hydrogen-bond donors (Lipinski definition) is 13. The Morgan fingerprint density at radius 2 is 0.972 bits per heavy atom. The number of rotatable bonds is 27. The van der Waals surface area contributed by atoms with E-state index in [4.69, 9.17) is 10.8 Å². The van der Waals surface area contributed by atoms with Crippen molar-refractivity contribution in [3.63, 3.8) is 0 Å². The second kappa shape index (κ2) is 25.7. The van der Waals surface area contributed by atoms with E-state index in [9.17, 15) is 58.2 Å². The van der Waals surface area contributed by atoms with E-state index in [1.54, 1.807) is 64.4 Å². The minimum Gasteiger partial charge on any atom is -0.481 e. The van der Waals surface area contributed by atoms with Crippen molar-refractivity contribution in [2.75, 3.05) is 0 Å². The van der Waals surface area contributed by atoms with Crippen molar-refractivity contribution in [3.05, 3.63) is 72.1 Å². The van der Waals surface area contributed by atoms with Crippen LogP contribution in [0.15, 0.2) is 60.9 Å². The molecule has 2 heterocycles. The molecule has 0 aliphatic rings. The van der Waals surface area contributed by atoms with E-state index in [0.717, 1.165) is 28.7 Å². The van der Waals surface area contributed by atoms with Crippen LogP contribution in [-0.2, 0) is 60.8 Å². The summed E-state index contributed by atoms with van der Waals surface area (Å²) in [5.74, 6) is -11.0. The molecule has 71 heavy (non-hydrogen) atoms. The van der Waals surface area contributed by atoms with Gasteiger partial charge in [0.15, 0.2) is 0 Å². The first-order valence-electron chi connectivity index (χ1n) is 23.1. The van der Waals surface area contributed by atoms with Gasteiger partial charge in [0.05, 0.1) is 12.5 Å². The standard InChI is InChI=1S/C48H64N10O13/c1-23(2)17-34(45(67)56-37(20-39(61)62)44(66)53-26(6)48(70)71)57-47(69)40(24(3)4)58-46(68)36(19-28-22-51-33-14-10-8-12-30(28)33)54-41(63)25(5)52-43(65)35(55-42(64)31(49)15-16-38(59)60)18-27-21-50-32-13-9-7-11-29(27)32/h7-14,21-26,31,34-37,40,50-51H,15-20,49H2,1-6H3,(H,52,65)(H,53,66)(H,54,63)(H,55,64)(H,56,67)(H,57,69)(H,58,68)(H,59,60)(H,61,62)(H,70,71)/t25-,26-,31-,34-,35-,36-,37-,40-/m0/s1. The first kappa shape index (κ1) is 55.8. The molecule has 0 aliphatic carbocycles. The van der Waals surface area contributed by atoms with E-state index in [0.29, 0.717) is 11.1 Å². The molecule has 2 aromatic carbocycles. The Hall–Kier alpha value is -7.82. The molecule has 0 fully saturated rings. The number of fused-ring (bicyclic) bond motifs is 2. The number of benzene rings is 2. The summed E-state index contributed by atoms with van der Waals surface area (Å²) in [7, 11) is 0. The van der Waals surface area contributed by atoms with Crippen LogP contribution < -0.4 is 43.0 Å². The highest BCUT2D eigenvalue weighted by Crippen LogP contribution is 2.21. The number of H-pyrrole nitrogens is 2. The number of amides is 7. The van der Waals surface area contributed by atoms with E-state index in [2.05, 4.69) is 47.2 Å². The third-order valence-corrected chi connectivity index (χ3v) is 11.5. The maximum atomic E-state index is 14.4. The largest absolute Gasteiger partial charge is 0.481 e. The molecule has 8 atom stereocenters. The topological polar surface area (TPSA) is 373 Å². The predicted octanol–water partition coefficient (Wildman–Crippen LogP) is 0.321. The predicted molar refractivity (Wildman–Crippen MR) is 258 cm³/mol. The molecule has 7 amide bonds. The van der Waals surface area contributed by atoms with Crippen molar-refractivity contribution in [2.45, 2.75) is 128 Å². The fraction of sp³-hybridized carbons (Fsp3) is 0.458. The van der Waals surface area contributed by atoms with Crippen molar-refractivity contribution in [2.24, 2.45) is 17.6 Å². The smallest absolute Gasteiger partial charge is 0.325 e. The zero-order valence-corrected chi connectivity index (χ0v) is 40.3. The second-order valence-corrected chi connectivity index (χ2v) is 18.2. The Kier molecular flexibility index (Phi) is 20.2. The lowest BCUT2D eigenvalue weighted by Crippen LogP contribution is -2.61. The summed E-state index contributed by atoms with van der Waals surface area (Å²) in [5.41, 5.74) is 8.72. The van der Waals surface area contributed by atoms with Gasteiger partial charge < -0.3 is 68.2 Å². The van der Waals surface area contributed by atoms with E-state index in [-0.39, 0.29) is 31.6 Å². The van der Waals surface area contributed by atoms with Crippen LogP contribution >= 0.6 is 0 Å². The fourth-order valence-electron chi connectivity index (χ4n) is 7.61. The van der Waals surface area contributed by atoms with Crippen LogP contribution in [0.2, 0.25) is 0 Å². The van der Waals surface area contributed by atoms with Crippen molar-refractivity contribution < 1.29 is 63.3 Å². The molecular formula is C48H64N10O13. The summed E-state index contributed by atoms with van der Waals surface area (Å²) in [5, 5.41) is 46.9. The minimum absolute atomic E-state index is 0.00399. The van der Waals surface area contributed by atoms with Gasteiger partial charge in [-0.1, -0.05) is 64.1 Å². The highest BCUT2D eigenvalue weighted by atomic mass is 16.4. The maximum Gasteiger partial charge on any atom is 0.325 e. The van der Waals surface area contributed by atoms with Crippen LogP contribution in [0.1, 0.15) is 78.4 Å². The first-order valence-corrected chi connectivity index (χ1v) is 23.1. The second-order valence-electron chi connectivity index (χ2n) is 18.2. The molecule has 2 aromatic heterocycles. The first-order chi connectivity index (χ1) is 33.4. The lowest BCUT2D eigenvalue weighted by Gasteiger charge is -2.29. The van der Waals surface area contributed by atoms with Gasteiger partial charge in [-0.3, -0.25) is 47.9 Å². The van der Waals surface area contributed by atoms with Crippen molar-refractivity contribution in [1.29, 1.82) is 0 Å². The molecule has 4 rings (SSSR count). The van der Waals surface area contributed by atoms with Crippen LogP contribution in [0.4, 0.5) is 0 Å². The van der Waals surface area contributed by atoms with Gasteiger partial charge in [0.1, 0.15) is 42.3 Å². The molecule has 4 aromatic rings. The lowest BCUT2D eigenvalue weighted by atomic mass is 9.98. The van der Waals surface area contributed by atoms with Gasteiger partial charge in [-0.25, -0.2) is 0 Å². The Morgan fingerprint density at radius 1 is 0.521 bits per heavy atom. The number of carboxylic acid groups (broad SMARTS) is 3. The SMILES string of the molecule is CC(C)C[C@H](NC(=O)[C@@H](NC(=O)[C@H](Cc1c[nH]c2ccccc12)NC(=O)[C@H](C)NC(=O)[C@H](Cc1c[nH]c2ccccc12)NC(=O)[C@@H](N)CCC(=O)O)C(C)C)C(=O)N[C@@H](CC(=O)O)C(=O)N[C@@H](C)C(=O)O. The van der Waals surface area contributed by atoms with Crippen LogP contribution in [-0.4, -0.2) is 133 Å². The third-order valence-electron chi connectivity index (χ3n) is 11.5. The zero-order valence-electron chi connectivity index (χ0n) is 40.3. The molecule has 0 aliphatic heterocycles. The molecule has 14 N–H and O–H groups in total. The number of hydrogen-bond acceptors (Lipinski definition) is 11. The summed E-state index contributed by atoms with van der Waals surface area (Å²) in [6, 6.07) is 3.32. The minimum atomic E-state index is -1.71. The van der Waals surface area contributed by atoms with E-state index >= 15 is 0 Å². The molecule has 0 saturated heterocycles. The average molecular weight is 989 g/mol. The van der Waals surface area contributed by atoms with Gasteiger partial charge in [0.2, 0.25) is 41.4 Å². The summed E-state index contributed by atoms with van der Waals surface area (Å²) >= 11 is 0. The van der Waals surface area contributed by atoms with Gasteiger partial charge in [-0.2, -0.15) is 0 Å². The highest BCUT2D eigenvalue weighted by molar-refractivity contribution is 5.99. The number of aromatic nitrogens is 2. The normalized spacial score (nSPS) is 14.7. The van der Waals surface area contributed by atoms with Gasteiger partial charge in [0, 0.05) is 53.5 Å². The molecule has 0 bridgehead atoms. The van der Waals surface area contributed by atoms with Gasteiger partial charge in [-0.15, -0.1) is 0 Å². The number of para-hydroxylation sites is 2. The van der Waals surface area contributed by atoms with Crippen LogP contribution in [0.3, 0.4) is 0 Å². The Morgan fingerprint density at radius 3 is 1.46 bits per heavy atom. The molecule has 0 spiro atoms. The summed E-state index contributed by atoms with van der Waals surface area (Å²) in [6.07, 6.45) is 1.63. The molecule has 23 heteroatoms. The molecular weight excluding hydrogens is 925 g/mol. The molecule has 0 saturated carbocycles. The zero-order chi connectivity index (χ0) is 52.7. The number of aliphatic carboxylic acids is 3. The van der Waals surface area contributed by atoms with Gasteiger partial charge in [0.25, 0.3) is 0 Å². The van der Waals surface area contributed by atoms with Crippen molar-refractivity contribution >= 4 is 81.1 Å². The van der Waals surface area contributed by atoms with Gasteiger partial charge >= 0.3 is 17.9 Å². The van der Waals surface area contributed by atoms with Crippen molar-refractivity contribution in [3.8, 4) is 0 Å². The number of carbonyl (C=O) groups excluding carboxylic acids is 7. The summed E-state index contributed by atoms with van der Waals surface area (Å²) < 4.78 is 0. The van der Waals surface area contributed by atoms with Crippen LogP contribution in [0, 0.1) is 11.8 Å². The maximum absolute atomic E-state index is 14.4. The van der Waals surface area contributed by atoms with E-state index in [1.165, 1.54) is 6.92 Å². The number of aromatic amines is 2. The Balaban J connectivity index is 1.57. The number of carboxylic acids is 3. The summed E-state index contributed by atoms with van der Waals surface area (Å²) in [6.45, 7) is 9.23. The number of carbonyl (C=O) groups is 10. The number of nitrogens with two attached hydrogens (primary N) is 1. The Bertz CT molecular complexity index is 2590. The fourth-order valence-corrected chi connectivity index (χ4v) is 7.61. The van der Waals surface area contributed by atoms with E-state index in [1.807, 2.05) is 24.3 Å². The van der Waals surface area contributed by atoms with Crippen LogP contribution in [0.25, 0.3) is 21.8 Å². The number of nitrogens with one attached hydrogen (secondary N) is 9. The van der Waals surface area contributed by atoms with Crippen LogP contribution in [0.5, 0.6) is 0 Å². The summed E-state index contributed by atoms with van der Waals surface area (Å²) in [4.78, 5) is 137. The van der Waals surface area contributed by atoms with Crippen molar-refractivity contribution in [1.82, 2.24) is 47.2 Å².